The van der Waals surface area contributed by atoms with E-state index in [2.05, 4.69) is 94.4 Å². The molecule has 44 heavy (non-hydrogen) atoms. The Kier molecular flexibility index (Phi) is 10.6. The maximum Gasteiger partial charge on any atom is 0.338 e. The van der Waals surface area contributed by atoms with Crippen molar-refractivity contribution in [1.82, 2.24) is 0 Å². The highest BCUT2D eigenvalue weighted by molar-refractivity contribution is 6.99. The minimum atomic E-state index is -2.67. The Bertz CT molecular complexity index is 1310. The highest BCUT2D eigenvalue weighted by atomic mass is 28.4. The number of aliphatic hydroxyl groups excluding tert-OH is 1. The molecule has 0 bridgehead atoms. The first-order valence-corrected chi connectivity index (χ1v) is 18.5. The van der Waals surface area contributed by atoms with Crippen LogP contribution >= 0.6 is 0 Å². The topological polar surface area (TPSA) is 55.8 Å². The van der Waals surface area contributed by atoms with Crippen LogP contribution in [0.1, 0.15) is 83.0 Å². The summed E-state index contributed by atoms with van der Waals surface area (Å²) in [6.45, 7) is 9.18. The number of carbonyl (C=O) groups excluding carboxylic acids is 1. The highest BCUT2D eigenvalue weighted by Crippen LogP contribution is 2.52. The maximum atomic E-state index is 13.1. The summed E-state index contributed by atoms with van der Waals surface area (Å²) in [7, 11) is -2.67. The molecule has 0 aromatic heterocycles. The first-order chi connectivity index (χ1) is 21.2. The van der Waals surface area contributed by atoms with Crippen molar-refractivity contribution in [2.45, 2.75) is 96.0 Å². The fraction of sp³-hybridized carbons (Fsp3) is 0.462. The standard InChI is InChI=1S/C39H50O4Si/c1-5-6-10-19-31(40)24-25-35-36-28-32(26-30(36)27-37(35)42-38(41)29-17-11-7-12-18-29)43-44(39(2,3)4,33-20-13-8-14-21-33)34-22-15-9-16-23-34/h7-9,11-18,20-25,30-32,35-37,40H,5-6,10,19,26-28H2,1-4H3/b25-24+/t30-,31+,32-,35+,36-,37+/m0/s1. The molecule has 2 aliphatic rings. The van der Waals surface area contributed by atoms with Gasteiger partial charge in [-0.25, -0.2) is 4.79 Å². The Morgan fingerprint density at radius 1 is 0.886 bits per heavy atom. The van der Waals surface area contributed by atoms with Crippen molar-refractivity contribution in [3.63, 3.8) is 0 Å². The number of aliphatic hydroxyl groups is 1. The molecule has 0 saturated heterocycles. The molecule has 3 aromatic rings. The zero-order valence-corrected chi connectivity index (χ0v) is 27.9. The highest BCUT2D eigenvalue weighted by Gasteiger charge is 2.55. The molecule has 0 unspecified atom stereocenters. The van der Waals surface area contributed by atoms with Crippen LogP contribution in [0, 0.1) is 17.8 Å². The van der Waals surface area contributed by atoms with Crippen molar-refractivity contribution in [2.24, 2.45) is 17.8 Å². The molecular formula is C39H50O4Si. The lowest BCUT2D eigenvalue weighted by Crippen LogP contribution is -2.67. The number of carbonyl (C=O) groups is 1. The summed E-state index contributed by atoms with van der Waals surface area (Å²) in [5.41, 5.74) is 0.583. The molecule has 5 heteroatoms. The molecule has 0 amide bonds. The van der Waals surface area contributed by atoms with E-state index >= 15 is 0 Å². The first-order valence-electron chi connectivity index (χ1n) is 16.6. The minimum Gasteiger partial charge on any atom is -0.458 e. The van der Waals surface area contributed by atoms with Gasteiger partial charge in [-0.2, -0.15) is 0 Å². The van der Waals surface area contributed by atoms with Crippen LogP contribution in [-0.4, -0.2) is 37.7 Å². The molecular weight excluding hydrogens is 561 g/mol. The molecule has 3 aromatic carbocycles. The van der Waals surface area contributed by atoms with Crippen LogP contribution in [0.3, 0.4) is 0 Å². The second kappa shape index (κ2) is 14.4. The zero-order chi connectivity index (χ0) is 31.2. The number of unbranched alkanes of at least 4 members (excludes halogenated alkanes) is 2. The number of hydrogen-bond acceptors (Lipinski definition) is 4. The van der Waals surface area contributed by atoms with Gasteiger partial charge in [0, 0.05) is 12.0 Å². The quantitative estimate of drug-likeness (QED) is 0.0988. The Hall–Kier alpha value is -2.99. The number of ether oxygens (including phenoxy) is 1. The lowest BCUT2D eigenvalue weighted by Gasteiger charge is -2.45. The molecule has 1 N–H and O–H groups in total. The van der Waals surface area contributed by atoms with Gasteiger partial charge in [-0.15, -0.1) is 0 Å². The summed E-state index contributed by atoms with van der Waals surface area (Å²) >= 11 is 0. The van der Waals surface area contributed by atoms with Crippen LogP contribution in [0.15, 0.2) is 103 Å². The molecule has 2 fully saturated rings. The lowest BCUT2D eigenvalue weighted by molar-refractivity contribution is 0.0208. The number of fused-ring (bicyclic) bond motifs is 1. The average molecular weight is 611 g/mol. The van der Waals surface area contributed by atoms with E-state index in [0.717, 1.165) is 44.9 Å². The average Bonchev–Trinajstić information content (AvgIpc) is 3.56. The Morgan fingerprint density at radius 2 is 1.48 bits per heavy atom. The number of rotatable bonds is 12. The van der Waals surface area contributed by atoms with Gasteiger partial charge in [0.05, 0.1) is 11.7 Å². The summed E-state index contributed by atoms with van der Waals surface area (Å²) < 4.78 is 13.8. The Labute approximate surface area is 265 Å². The van der Waals surface area contributed by atoms with Crippen LogP contribution in [0.25, 0.3) is 0 Å². The van der Waals surface area contributed by atoms with Gasteiger partial charge in [0.1, 0.15) is 6.10 Å². The third kappa shape index (κ3) is 7.11. The van der Waals surface area contributed by atoms with Crippen LogP contribution in [0.5, 0.6) is 0 Å². The van der Waals surface area contributed by atoms with Gasteiger partial charge in [0.25, 0.3) is 8.32 Å². The van der Waals surface area contributed by atoms with Crippen LogP contribution < -0.4 is 10.4 Å². The van der Waals surface area contributed by atoms with E-state index in [1.807, 2.05) is 36.4 Å². The Morgan fingerprint density at radius 3 is 2.05 bits per heavy atom. The molecule has 4 nitrogen and oxygen atoms in total. The van der Waals surface area contributed by atoms with Crippen LogP contribution in [-0.2, 0) is 9.16 Å². The van der Waals surface area contributed by atoms with Gasteiger partial charge >= 0.3 is 5.97 Å². The van der Waals surface area contributed by atoms with Crippen molar-refractivity contribution < 1.29 is 19.1 Å². The summed E-state index contributed by atoms with van der Waals surface area (Å²) in [5, 5.41) is 13.3. The third-order valence-electron chi connectivity index (χ3n) is 9.85. The Balaban J connectivity index is 1.41. The number of esters is 1. The van der Waals surface area contributed by atoms with E-state index in [-0.39, 0.29) is 29.1 Å². The molecule has 0 spiro atoms. The van der Waals surface area contributed by atoms with Crippen molar-refractivity contribution in [1.29, 1.82) is 0 Å². The fourth-order valence-corrected chi connectivity index (χ4v) is 12.5. The molecule has 5 rings (SSSR count). The van der Waals surface area contributed by atoms with Crippen LogP contribution in [0.2, 0.25) is 5.04 Å². The molecule has 2 aliphatic carbocycles. The van der Waals surface area contributed by atoms with Gasteiger partial charge in [0.15, 0.2) is 0 Å². The first kappa shape index (κ1) is 32.4. The SMILES string of the molecule is CCCCC[C@@H](O)/C=C/[C@@H]1[C@H]2C[C@@H](O[Si](c3ccccc3)(c3ccccc3)C(C)(C)C)C[C@H]2C[C@H]1OC(=O)c1ccccc1. The molecule has 0 heterocycles. The lowest BCUT2D eigenvalue weighted by atomic mass is 9.90. The summed E-state index contributed by atoms with van der Waals surface area (Å²) in [5.74, 6) is 0.531. The summed E-state index contributed by atoms with van der Waals surface area (Å²) in [6, 6.07) is 31.0. The van der Waals surface area contributed by atoms with Crippen molar-refractivity contribution in [3.05, 3.63) is 109 Å². The summed E-state index contributed by atoms with van der Waals surface area (Å²) in [6.07, 6.45) is 10.3. The maximum absolute atomic E-state index is 13.1. The van der Waals surface area contributed by atoms with Gasteiger partial charge in [-0.3, -0.25) is 0 Å². The molecule has 0 aliphatic heterocycles. The largest absolute Gasteiger partial charge is 0.458 e. The predicted octanol–water partition coefficient (Wildman–Crippen LogP) is 7.70. The van der Waals surface area contributed by atoms with E-state index in [1.165, 1.54) is 10.4 Å². The van der Waals surface area contributed by atoms with E-state index in [4.69, 9.17) is 9.16 Å². The molecule has 2 saturated carbocycles. The fourth-order valence-electron chi connectivity index (χ4n) is 7.75. The monoisotopic (exact) mass is 610 g/mol. The molecule has 234 valence electrons. The predicted molar refractivity (Wildman–Crippen MR) is 182 cm³/mol. The van der Waals surface area contributed by atoms with Gasteiger partial charge < -0.3 is 14.3 Å². The molecule has 6 atom stereocenters. The number of benzene rings is 3. The second-order valence-corrected chi connectivity index (χ2v) is 18.1. The van der Waals surface area contributed by atoms with E-state index in [9.17, 15) is 9.90 Å². The third-order valence-corrected chi connectivity index (χ3v) is 14.9. The van der Waals surface area contributed by atoms with Gasteiger partial charge in [0.2, 0.25) is 0 Å². The second-order valence-electron chi connectivity index (χ2n) is 13.9. The van der Waals surface area contributed by atoms with Gasteiger partial charge in [-0.05, 0) is 65.1 Å². The normalized spacial score (nSPS) is 24.3. The number of hydrogen-bond donors (Lipinski definition) is 1. The van der Waals surface area contributed by atoms with Crippen molar-refractivity contribution in [2.75, 3.05) is 0 Å². The van der Waals surface area contributed by atoms with Crippen LogP contribution in [0.4, 0.5) is 0 Å². The zero-order valence-electron chi connectivity index (χ0n) is 26.9. The van der Waals surface area contributed by atoms with Crippen molar-refractivity contribution >= 4 is 24.7 Å². The van der Waals surface area contributed by atoms with E-state index in [0.29, 0.717) is 17.4 Å². The van der Waals surface area contributed by atoms with E-state index in [1.54, 1.807) is 0 Å². The van der Waals surface area contributed by atoms with Gasteiger partial charge in [-0.1, -0.05) is 138 Å². The minimum absolute atomic E-state index is 0.0567. The smallest absolute Gasteiger partial charge is 0.338 e. The summed E-state index contributed by atoms with van der Waals surface area (Å²) in [4.78, 5) is 13.1. The van der Waals surface area contributed by atoms with E-state index < -0.39 is 14.4 Å². The van der Waals surface area contributed by atoms with Crippen molar-refractivity contribution in [3.8, 4) is 0 Å². The molecule has 0 radical (unpaired) electrons.